The van der Waals surface area contributed by atoms with Crippen molar-refractivity contribution in [2.45, 2.75) is 12.3 Å². The number of nitro groups is 1. The Bertz CT molecular complexity index is 673. The van der Waals surface area contributed by atoms with E-state index in [1.54, 1.807) is 12.1 Å². The van der Waals surface area contributed by atoms with Gasteiger partial charge < -0.3 is 10.6 Å². The van der Waals surface area contributed by atoms with Crippen LogP contribution in [0.4, 0.5) is 5.69 Å². The minimum absolute atomic E-state index is 0.146. The standard InChI is InChI=1S/C19H23N3O2/c20-12-17-13-21(14-19(17)16-4-2-1-3-5-16)11-10-15-6-8-18(9-7-15)22(23)24/h1-9,17,19H,10-14,20H2/t17-,19+/m1/s1. The van der Waals surface area contributed by atoms with Crippen molar-refractivity contribution in [1.82, 2.24) is 4.90 Å². The van der Waals surface area contributed by atoms with Crippen molar-refractivity contribution in [2.75, 3.05) is 26.2 Å². The van der Waals surface area contributed by atoms with Crippen molar-refractivity contribution in [1.29, 1.82) is 0 Å². The van der Waals surface area contributed by atoms with Crippen molar-refractivity contribution in [2.24, 2.45) is 11.7 Å². The van der Waals surface area contributed by atoms with Crippen LogP contribution >= 0.6 is 0 Å². The maximum Gasteiger partial charge on any atom is 0.269 e. The third-order valence-electron chi connectivity index (χ3n) is 4.91. The van der Waals surface area contributed by atoms with E-state index in [1.165, 1.54) is 5.56 Å². The molecule has 0 saturated carbocycles. The zero-order valence-electron chi connectivity index (χ0n) is 13.7. The minimum Gasteiger partial charge on any atom is -0.330 e. The molecule has 126 valence electrons. The second kappa shape index (κ2) is 7.55. The van der Waals surface area contributed by atoms with Crippen LogP contribution in [0.25, 0.3) is 0 Å². The molecular weight excluding hydrogens is 302 g/mol. The van der Waals surface area contributed by atoms with Crippen molar-refractivity contribution in [3.8, 4) is 0 Å². The van der Waals surface area contributed by atoms with E-state index in [1.807, 2.05) is 18.2 Å². The lowest BCUT2D eigenvalue weighted by Crippen LogP contribution is -2.25. The van der Waals surface area contributed by atoms with Crippen LogP contribution in [-0.2, 0) is 6.42 Å². The van der Waals surface area contributed by atoms with Gasteiger partial charge in [-0.2, -0.15) is 0 Å². The van der Waals surface area contributed by atoms with Gasteiger partial charge in [0.25, 0.3) is 5.69 Å². The molecule has 0 spiro atoms. The number of benzene rings is 2. The number of likely N-dealkylation sites (tertiary alicyclic amines) is 1. The van der Waals surface area contributed by atoms with Crippen molar-refractivity contribution in [3.05, 3.63) is 75.8 Å². The van der Waals surface area contributed by atoms with E-state index in [4.69, 9.17) is 5.73 Å². The molecule has 0 bridgehead atoms. The molecule has 5 heteroatoms. The van der Waals surface area contributed by atoms with Crippen LogP contribution in [0, 0.1) is 16.0 Å². The molecule has 2 aromatic rings. The normalized spacial score (nSPS) is 21.0. The number of nitrogens with two attached hydrogens (primary N) is 1. The third-order valence-corrected chi connectivity index (χ3v) is 4.91. The van der Waals surface area contributed by atoms with Gasteiger partial charge in [-0.15, -0.1) is 0 Å². The molecule has 1 saturated heterocycles. The van der Waals surface area contributed by atoms with E-state index in [2.05, 4.69) is 29.2 Å². The van der Waals surface area contributed by atoms with Crippen LogP contribution in [-0.4, -0.2) is 36.0 Å². The van der Waals surface area contributed by atoms with Gasteiger partial charge in [0.15, 0.2) is 0 Å². The van der Waals surface area contributed by atoms with Crippen LogP contribution < -0.4 is 5.73 Å². The first-order valence-corrected chi connectivity index (χ1v) is 8.38. The molecule has 0 aliphatic carbocycles. The Kier molecular flexibility index (Phi) is 5.23. The molecule has 24 heavy (non-hydrogen) atoms. The summed E-state index contributed by atoms with van der Waals surface area (Å²) < 4.78 is 0. The van der Waals surface area contributed by atoms with Crippen molar-refractivity contribution >= 4 is 5.69 Å². The Morgan fingerprint density at radius 2 is 1.79 bits per heavy atom. The topological polar surface area (TPSA) is 72.4 Å². The summed E-state index contributed by atoms with van der Waals surface area (Å²) in [6.07, 6.45) is 0.900. The van der Waals surface area contributed by atoms with E-state index in [-0.39, 0.29) is 10.6 Å². The molecule has 1 aliphatic heterocycles. The van der Waals surface area contributed by atoms with Gasteiger partial charge in [0.1, 0.15) is 0 Å². The Morgan fingerprint density at radius 3 is 2.42 bits per heavy atom. The summed E-state index contributed by atoms with van der Waals surface area (Å²) in [7, 11) is 0. The highest BCUT2D eigenvalue weighted by atomic mass is 16.6. The quantitative estimate of drug-likeness (QED) is 0.655. The third kappa shape index (κ3) is 3.80. The van der Waals surface area contributed by atoms with Crippen LogP contribution in [0.15, 0.2) is 54.6 Å². The molecule has 0 amide bonds. The predicted molar refractivity (Wildman–Crippen MR) is 95.0 cm³/mol. The molecule has 0 unspecified atom stereocenters. The highest BCUT2D eigenvalue weighted by Crippen LogP contribution is 2.32. The van der Waals surface area contributed by atoms with E-state index < -0.39 is 0 Å². The molecular formula is C19H23N3O2. The van der Waals surface area contributed by atoms with Gasteiger partial charge in [0, 0.05) is 37.7 Å². The zero-order valence-corrected chi connectivity index (χ0v) is 13.7. The molecule has 1 aliphatic rings. The molecule has 0 aromatic heterocycles. The fourth-order valence-electron chi connectivity index (χ4n) is 3.53. The van der Waals surface area contributed by atoms with Crippen molar-refractivity contribution < 1.29 is 4.92 Å². The van der Waals surface area contributed by atoms with Crippen LogP contribution in [0.2, 0.25) is 0 Å². The minimum atomic E-state index is -0.361. The molecule has 1 fully saturated rings. The summed E-state index contributed by atoms with van der Waals surface area (Å²) in [5, 5.41) is 10.7. The summed E-state index contributed by atoms with van der Waals surface area (Å²) in [6.45, 7) is 3.70. The Hall–Kier alpha value is -2.24. The SMILES string of the molecule is NC[C@@H]1CN(CCc2ccc([N+](=O)[O-])cc2)C[C@H]1c1ccccc1. The number of hydrogen-bond donors (Lipinski definition) is 1. The lowest BCUT2D eigenvalue weighted by Gasteiger charge is -2.16. The fourth-order valence-corrected chi connectivity index (χ4v) is 3.53. The summed E-state index contributed by atoms with van der Waals surface area (Å²) in [6, 6.07) is 17.4. The Morgan fingerprint density at radius 1 is 1.08 bits per heavy atom. The van der Waals surface area contributed by atoms with E-state index >= 15 is 0 Å². The second-order valence-corrected chi connectivity index (χ2v) is 6.45. The summed E-state index contributed by atoms with van der Waals surface area (Å²) in [5.41, 5.74) is 8.63. The van der Waals surface area contributed by atoms with Gasteiger partial charge in [-0.3, -0.25) is 10.1 Å². The maximum absolute atomic E-state index is 10.7. The Balaban J connectivity index is 1.59. The lowest BCUT2D eigenvalue weighted by molar-refractivity contribution is -0.384. The number of nitrogens with zero attached hydrogens (tertiary/aromatic N) is 2. The number of nitro benzene ring substituents is 1. The molecule has 1 heterocycles. The van der Waals surface area contributed by atoms with Gasteiger partial charge in [0.2, 0.25) is 0 Å². The first-order valence-electron chi connectivity index (χ1n) is 8.38. The number of rotatable bonds is 6. The first-order chi connectivity index (χ1) is 11.7. The molecule has 2 aromatic carbocycles. The first kappa shape index (κ1) is 16.6. The monoisotopic (exact) mass is 325 g/mol. The average Bonchev–Trinajstić information content (AvgIpc) is 3.04. The number of non-ortho nitro benzene ring substituents is 1. The van der Waals surface area contributed by atoms with Crippen molar-refractivity contribution in [3.63, 3.8) is 0 Å². The van der Waals surface area contributed by atoms with E-state index in [9.17, 15) is 10.1 Å². The van der Waals surface area contributed by atoms with Gasteiger partial charge in [-0.05, 0) is 30.0 Å². The van der Waals surface area contributed by atoms with Gasteiger partial charge in [-0.1, -0.05) is 42.5 Å². The van der Waals surface area contributed by atoms with E-state index in [0.29, 0.717) is 18.4 Å². The summed E-state index contributed by atoms with van der Waals surface area (Å²) in [4.78, 5) is 12.8. The van der Waals surface area contributed by atoms with Gasteiger partial charge in [-0.25, -0.2) is 0 Å². The average molecular weight is 325 g/mol. The zero-order chi connectivity index (χ0) is 16.9. The van der Waals surface area contributed by atoms with Gasteiger partial charge >= 0.3 is 0 Å². The highest BCUT2D eigenvalue weighted by Gasteiger charge is 2.32. The molecule has 3 rings (SSSR count). The molecule has 2 atom stereocenters. The molecule has 5 nitrogen and oxygen atoms in total. The van der Waals surface area contributed by atoms with Crippen LogP contribution in [0.5, 0.6) is 0 Å². The largest absolute Gasteiger partial charge is 0.330 e. The van der Waals surface area contributed by atoms with Crippen LogP contribution in [0.3, 0.4) is 0 Å². The number of hydrogen-bond acceptors (Lipinski definition) is 4. The molecule has 2 N–H and O–H groups in total. The van der Waals surface area contributed by atoms with E-state index in [0.717, 1.165) is 31.6 Å². The summed E-state index contributed by atoms with van der Waals surface area (Å²) >= 11 is 0. The Labute approximate surface area is 142 Å². The second-order valence-electron chi connectivity index (χ2n) is 6.45. The highest BCUT2D eigenvalue weighted by molar-refractivity contribution is 5.33. The smallest absolute Gasteiger partial charge is 0.269 e. The predicted octanol–water partition coefficient (Wildman–Crippen LogP) is 2.81. The fraction of sp³-hybridized carbons (Fsp3) is 0.368. The maximum atomic E-state index is 10.7. The lowest BCUT2D eigenvalue weighted by atomic mass is 9.89. The summed E-state index contributed by atoms with van der Waals surface area (Å²) in [5.74, 6) is 0.984. The molecule has 0 radical (unpaired) electrons. The van der Waals surface area contributed by atoms with Crippen LogP contribution in [0.1, 0.15) is 17.0 Å². The van der Waals surface area contributed by atoms with Gasteiger partial charge in [0.05, 0.1) is 4.92 Å².